The summed E-state index contributed by atoms with van der Waals surface area (Å²) in [6.07, 6.45) is 14.4. The van der Waals surface area contributed by atoms with Crippen LogP contribution in [-0.4, -0.2) is 126 Å². The van der Waals surface area contributed by atoms with Crippen LogP contribution in [0.4, 0.5) is 0 Å². The topological polar surface area (TPSA) is 257 Å². The molecule has 0 rings (SSSR count). The average Bonchev–Trinajstić information content (AvgIpc) is 2.99. The maximum absolute atomic E-state index is 10.1. The van der Waals surface area contributed by atoms with Gasteiger partial charge in [-0.3, -0.25) is 9.59 Å². The molecule has 0 unspecified atom stereocenters. The fraction of sp³-hybridized carbons (Fsp3) is 0.931. The Hall–Kier alpha value is -1.42. The number of aliphatic hydroxyl groups excluding tert-OH is 9. The van der Waals surface area contributed by atoms with Crippen molar-refractivity contribution >= 4 is 11.9 Å². The fourth-order valence-electron chi connectivity index (χ4n) is 2.64. The second kappa shape index (κ2) is 46.5. The first-order chi connectivity index (χ1) is 20.0. The Labute approximate surface area is 252 Å². The van der Waals surface area contributed by atoms with Gasteiger partial charge in [0, 0.05) is 12.8 Å². The minimum Gasteiger partial charge on any atom is -0.481 e. The minimum absolute atomic E-state index is 0.341. The first-order valence-electron chi connectivity index (χ1n) is 15.1. The van der Waals surface area contributed by atoms with Gasteiger partial charge in [-0.15, -0.1) is 0 Å². The summed E-state index contributed by atoms with van der Waals surface area (Å²) in [7, 11) is 0. The number of hydrogen-bond acceptors (Lipinski definition) is 11. The monoisotopic (exact) mass is 620 g/mol. The van der Waals surface area contributed by atoms with Crippen LogP contribution in [0, 0.1) is 0 Å². The van der Waals surface area contributed by atoms with Crippen LogP contribution in [0.3, 0.4) is 0 Å². The molecule has 0 aliphatic heterocycles. The van der Waals surface area contributed by atoms with Crippen molar-refractivity contribution in [2.45, 2.75) is 135 Å². The van der Waals surface area contributed by atoms with Crippen LogP contribution in [0.25, 0.3) is 0 Å². The second-order valence-electron chi connectivity index (χ2n) is 9.59. The van der Waals surface area contributed by atoms with Gasteiger partial charge in [0.2, 0.25) is 0 Å². The third-order valence-corrected chi connectivity index (χ3v) is 5.25. The van der Waals surface area contributed by atoms with E-state index in [9.17, 15) is 9.59 Å². The van der Waals surface area contributed by atoms with Gasteiger partial charge in [-0.25, -0.2) is 0 Å². The number of aliphatic hydroxyl groups is 9. The molecule has 0 aromatic carbocycles. The van der Waals surface area contributed by atoms with Crippen LogP contribution < -0.4 is 0 Å². The molecule has 258 valence electrons. The molecular formula is C29H64O13. The normalized spacial score (nSPS) is 10.0. The van der Waals surface area contributed by atoms with Crippen LogP contribution in [0.1, 0.15) is 117 Å². The van der Waals surface area contributed by atoms with Gasteiger partial charge in [0.15, 0.2) is 0 Å². The van der Waals surface area contributed by atoms with Crippen LogP contribution in [-0.2, 0) is 9.59 Å². The lowest BCUT2D eigenvalue weighted by atomic mass is 10.1. The van der Waals surface area contributed by atoms with Crippen molar-refractivity contribution in [3.63, 3.8) is 0 Å². The van der Waals surface area contributed by atoms with Crippen molar-refractivity contribution in [1.82, 2.24) is 0 Å². The van der Waals surface area contributed by atoms with Gasteiger partial charge in [0.25, 0.3) is 0 Å². The standard InChI is InChI=1S/2C10H20O2.3C3H8O3/c2*1-2-3-4-5-6-7-8-9-10(11)12;3*4-1-3(6)2-5/h2*2-9H2,1H3,(H,11,12);3*3-6H,1-2H2. The van der Waals surface area contributed by atoms with Crippen LogP contribution in [0.2, 0.25) is 0 Å². The maximum atomic E-state index is 10.1. The number of rotatable bonds is 22. The Kier molecular flexibility index (Phi) is 55.6. The molecule has 0 heterocycles. The molecule has 0 atom stereocenters. The number of carbonyl (C=O) groups is 2. The number of hydrogen-bond donors (Lipinski definition) is 11. The summed E-state index contributed by atoms with van der Waals surface area (Å²) >= 11 is 0. The van der Waals surface area contributed by atoms with Crippen molar-refractivity contribution < 1.29 is 65.8 Å². The van der Waals surface area contributed by atoms with E-state index in [0.717, 1.165) is 25.7 Å². The molecule has 0 radical (unpaired) electrons. The molecule has 0 aromatic heterocycles. The quantitative estimate of drug-likeness (QED) is 0.0766. The Bertz CT molecular complexity index is 432. The van der Waals surface area contributed by atoms with E-state index in [-0.39, 0.29) is 39.6 Å². The number of carboxylic acids is 2. The predicted octanol–water partition coefficient (Wildman–Crippen LogP) is 1.42. The average molecular weight is 621 g/mol. The van der Waals surface area contributed by atoms with E-state index in [1.54, 1.807) is 0 Å². The van der Waals surface area contributed by atoms with Gasteiger partial charge >= 0.3 is 11.9 Å². The molecule has 0 spiro atoms. The Morgan fingerprint density at radius 3 is 0.738 bits per heavy atom. The molecule has 0 bridgehead atoms. The van der Waals surface area contributed by atoms with E-state index in [1.807, 2.05) is 0 Å². The third kappa shape index (κ3) is 66.7. The van der Waals surface area contributed by atoms with E-state index >= 15 is 0 Å². The van der Waals surface area contributed by atoms with Gasteiger partial charge in [-0.1, -0.05) is 90.9 Å². The van der Waals surface area contributed by atoms with Crippen LogP contribution >= 0.6 is 0 Å². The van der Waals surface area contributed by atoms with Gasteiger partial charge in [-0.05, 0) is 12.8 Å². The summed E-state index contributed by atoms with van der Waals surface area (Å²) in [5, 5.41) is 88.8. The summed E-state index contributed by atoms with van der Waals surface area (Å²) in [6.45, 7) is 2.21. The van der Waals surface area contributed by atoms with Gasteiger partial charge in [0.1, 0.15) is 18.3 Å². The van der Waals surface area contributed by atoms with E-state index in [1.165, 1.54) is 64.2 Å². The molecule has 11 N–H and O–H groups in total. The lowest BCUT2D eigenvalue weighted by Gasteiger charge is -1.98. The van der Waals surface area contributed by atoms with Gasteiger partial charge in [0.05, 0.1) is 39.6 Å². The molecule has 0 aliphatic rings. The molecule has 42 heavy (non-hydrogen) atoms. The summed E-state index contributed by atoms with van der Waals surface area (Å²) < 4.78 is 0. The fourth-order valence-corrected chi connectivity index (χ4v) is 2.64. The highest BCUT2D eigenvalue weighted by Gasteiger charge is 1.97. The zero-order chi connectivity index (χ0) is 33.4. The Morgan fingerprint density at radius 2 is 0.595 bits per heavy atom. The van der Waals surface area contributed by atoms with E-state index in [4.69, 9.17) is 56.2 Å². The van der Waals surface area contributed by atoms with Crippen LogP contribution in [0.5, 0.6) is 0 Å². The molecule has 13 nitrogen and oxygen atoms in total. The highest BCUT2D eigenvalue weighted by atomic mass is 16.4. The molecule has 0 saturated heterocycles. The second-order valence-corrected chi connectivity index (χ2v) is 9.59. The first-order valence-corrected chi connectivity index (χ1v) is 15.1. The molecule has 0 saturated carbocycles. The maximum Gasteiger partial charge on any atom is 0.303 e. The number of aliphatic carboxylic acids is 2. The van der Waals surface area contributed by atoms with Gasteiger partial charge < -0.3 is 56.2 Å². The molecular weight excluding hydrogens is 556 g/mol. The summed E-state index contributed by atoms with van der Waals surface area (Å²) in [5.41, 5.74) is 0. The lowest BCUT2D eigenvalue weighted by Crippen LogP contribution is -2.15. The minimum atomic E-state index is -0.954. The summed E-state index contributed by atoms with van der Waals surface area (Å²) in [5.74, 6) is -1.33. The summed E-state index contributed by atoms with van der Waals surface area (Å²) in [6, 6.07) is 0. The largest absolute Gasteiger partial charge is 0.481 e. The zero-order valence-corrected chi connectivity index (χ0v) is 26.0. The molecule has 13 heteroatoms. The SMILES string of the molecule is CCCCCCCCCC(=O)O.CCCCCCCCCC(=O)O.OCC(O)CO.OCC(O)CO.OCC(O)CO. The van der Waals surface area contributed by atoms with Crippen molar-refractivity contribution in [2.75, 3.05) is 39.6 Å². The van der Waals surface area contributed by atoms with Crippen molar-refractivity contribution in [3.05, 3.63) is 0 Å². The smallest absolute Gasteiger partial charge is 0.303 e. The molecule has 0 amide bonds. The van der Waals surface area contributed by atoms with Crippen LogP contribution in [0.15, 0.2) is 0 Å². The molecule has 0 aliphatic carbocycles. The van der Waals surface area contributed by atoms with E-state index in [0.29, 0.717) is 12.8 Å². The van der Waals surface area contributed by atoms with Crippen molar-refractivity contribution in [1.29, 1.82) is 0 Å². The third-order valence-electron chi connectivity index (χ3n) is 5.25. The zero-order valence-electron chi connectivity index (χ0n) is 26.0. The lowest BCUT2D eigenvalue weighted by molar-refractivity contribution is -0.138. The summed E-state index contributed by atoms with van der Waals surface area (Å²) in [4.78, 5) is 20.3. The number of unbranched alkanes of at least 4 members (excludes halogenated alkanes) is 12. The van der Waals surface area contributed by atoms with E-state index in [2.05, 4.69) is 13.8 Å². The molecule has 0 fully saturated rings. The first kappa shape index (κ1) is 50.2. The van der Waals surface area contributed by atoms with Crippen molar-refractivity contribution in [2.24, 2.45) is 0 Å². The molecule has 0 aromatic rings. The number of carboxylic acid groups (broad SMARTS) is 2. The van der Waals surface area contributed by atoms with E-state index < -0.39 is 30.3 Å². The Morgan fingerprint density at radius 1 is 0.405 bits per heavy atom. The van der Waals surface area contributed by atoms with Gasteiger partial charge in [-0.2, -0.15) is 0 Å². The predicted molar refractivity (Wildman–Crippen MR) is 161 cm³/mol. The highest BCUT2D eigenvalue weighted by molar-refractivity contribution is 5.66. The van der Waals surface area contributed by atoms with Crippen molar-refractivity contribution in [3.8, 4) is 0 Å². The Balaban J connectivity index is -0.000000142. The highest BCUT2D eigenvalue weighted by Crippen LogP contribution is 2.08.